The molecule has 6 nitrogen and oxygen atoms in total. The van der Waals surface area contributed by atoms with Gasteiger partial charge in [-0.25, -0.2) is 4.39 Å². The van der Waals surface area contributed by atoms with Gasteiger partial charge in [0.15, 0.2) is 0 Å². The maximum absolute atomic E-state index is 13.7. The standard InChI is InChI=1S/C26H32FN3O3/c1-3-29-14-6-7-20(29)17-28-25(31)23-21-8-4-5-9-22(21)26(32)30(15-16-33-2)24(23)18-10-12-19(27)13-11-18/h4-5,8-13,20,23-24H,3,6-7,14-17H2,1-2H3,(H,28,31)/t20-,23+,24-/m1/s1. The van der Waals surface area contributed by atoms with E-state index in [0.29, 0.717) is 36.9 Å². The Morgan fingerprint density at radius 3 is 2.67 bits per heavy atom. The van der Waals surface area contributed by atoms with Crippen molar-refractivity contribution in [1.82, 2.24) is 15.1 Å². The van der Waals surface area contributed by atoms with Crippen molar-refractivity contribution >= 4 is 11.8 Å². The monoisotopic (exact) mass is 453 g/mol. The molecule has 33 heavy (non-hydrogen) atoms. The van der Waals surface area contributed by atoms with Crippen molar-refractivity contribution in [3.63, 3.8) is 0 Å². The number of likely N-dealkylation sites (N-methyl/N-ethyl adjacent to an activating group) is 1. The summed E-state index contributed by atoms with van der Waals surface area (Å²) in [6.07, 6.45) is 2.20. The normalized spacial score (nSPS) is 22.9. The van der Waals surface area contributed by atoms with Gasteiger partial charge in [-0.05, 0) is 55.3 Å². The number of methoxy groups -OCH3 is 1. The number of likely N-dealkylation sites (tertiary alicyclic amines) is 1. The summed E-state index contributed by atoms with van der Waals surface area (Å²) in [6.45, 7) is 5.41. The Morgan fingerprint density at radius 1 is 1.18 bits per heavy atom. The van der Waals surface area contributed by atoms with Crippen LogP contribution in [-0.4, -0.2) is 67.6 Å². The molecule has 2 amide bonds. The van der Waals surface area contributed by atoms with E-state index in [-0.39, 0.29) is 17.6 Å². The minimum absolute atomic E-state index is 0.116. The first-order valence-corrected chi connectivity index (χ1v) is 11.7. The second kappa shape index (κ2) is 10.4. The lowest BCUT2D eigenvalue weighted by Crippen LogP contribution is -2.49. The van der Waals surface area contributed by atoms with Crippen LogP contribution in [0.2, 0.25) is 0 Å². The number of ether oxygens (including phenoxy) is 1. The number of carbonyl (C=O) groups is 2. The van der Waals surface area contributed by atoms with Gasteiger partial charge in [-0.2, -0.15) is 0 Å². The quantitative estimate of drug-likeness (QED) is 0.666. The molecule has 0 spiro atoms. The molecule has 2 aliphatic heterocycles. The number of nitrogens with one attached hydrogen (secondary N) is 1. The van der Waals surface area contributed by atoms with Crippen molar-refractivity contribution in [2.75, 3.05) is 39.9 Å². The van der Waals surface area contributed by atoms with Gasteiger partial charge in [0, 0.05) is 31.8 Å². The molecule has 2 aliphatic rings. The molecule has 2 heterocycles. The molecule has 4 rings (SSSR count). The van der Waals surface area contributed by atoms with Crippen molar-refractivity contribution < 1.29 is 18.7 Å². The van der Waals surface area contributed by atoms with E-state index >= 15 is 0 Å². The third-order valence-electron chi connectivity index (χ3n) is 6.89. The van der Waals surface area contributed by atoms with E-state index in [1.54, 1.807) is 30.2 Å². The molecule has 3 atom stereocenters. The summed E-state index contributed by atoms with van der Waals surface area (Å²) >= 11 is 0. The highest BCUT2D eigenvalue weighted by Crippen LogP contribution is 2.42. The van der Waals surface area contributed by atoms with Gasteiger partial charge in [0.2, 0.25) is 5.91 Å². The highest BCUT2D eigenvalue weighted by molar-refractivity contribution is 6.01. The average Bonchev–Trinajstić information content (AvgIpc) is 3.30. The number of fused-ring (bicyclic) bond motifs is 1. The van der Waals surface area contributed by atoms with E-state index in [4.69, 9.17) is 4.74 Å². The zero-order valence-electron chi connectivity index (χ0n) is 19.3. The van der Waals surface area contributed by atoms with Crippen molar-refractivity contribution in [2.45, 2.75) is 37.8 Å². The second-order valence-electron chi connectivity index (χ2n) is 8.72. The number of carbonyl (C=O) groups excluding carboxylic acids is 2. The van der Waals surface area contributed by atoms with Crippen molar-refractivity contribution in [3.05, 3.63) is 71.0 Å². The molecule has 2 aromatic carbocycles. The lowest BCUT2D eigenvalue weighted by atomic mass is 9.79. The Hall–Kier alpha value is -2.77. The summed E-state index contributed by atoms with van der Waals surface area (Å²) in [7, 11) is 1.58. The summed E-state index contributed by atoms with van der Waals surface area (Å²) in [5.41, 5.74) is 1.97. The minimum Gasteiger partial charge on any atom is -0.383 e. The van der Waals surface area contributed by atoms with E-state index in [2.05, 4.69) is 17.1 Å². The fraction of sp³-hybridized carbons (Fsp3) is 0.462. The lowest BCUT2D eigenvalue weighted by Gasteiger charge is -2.42. The predicted octanol–water partition coefficient (Wildman–Crippen LogP) is 3.35. The fourth-order valence-electron chi connectivity index (χ4n) is 5.21. The Bertz CT molecular complexity index is 981. The SMILES string of the molecule is CCN1CCC[C@@H]1CNC(=O)[C@H]1c2ccccc2C(=O)N(CCOC)[C@@H]1c1ccc(F)cc1. The second-order valence-corrected chi connectivity index (χ2v) is 8.72. The van der Waals surface area contributed by atoms with E-state index in [1.807, 2.05) is 18.2 Å². The summed E-state index contributed by atoms with van der Waals surface area (Å²) < 4.78 is 19.0. The summed E-state index contributed by atoms with van der Waals surface area (Å²) in [5, 5.41) is 3.18. The summed E-state index contributed by atoms with van der Waals surface area (Å²) in [5.74, 6) is -1.21. The number of halogens is 1. The Morgan fingerprint density at radius 2 is 1.94 bits per heavy atom. The van der Waals surface area contributed by atoms with Crippen LogP contribution in [0.4, 0.5) is 4.39 Å². The smallest absolute Gasteiger partial charge is 0.254 e. The van der Waals surface area contributed by atoms with E-state index < -0.39 is 12.0 Å². The molecular formula is C26H32FN3O3. The lowest BCUT2D eigenvalue weighted by molar-refractivity contribution is -0.124. The van der Waals surface area contributed by atoms with Gasteiger partial charge in [-0.3, -0.25) is 14.5 Å². The first-order valence-electron chi connectivity index (χ1n) is 11.7. The van der Waals surface area contributed by atoms with Crippen molar-refractivity contribution in [3.8, 4) is 0 Å². The Balaban J connectivity index is 1.70. The minimum atomic E-state index is -0.599. The first kappa shape index (κ1) is 23.4. The number of rotatable bonds is 8. The van der Waals surface area contributed by atoms with Crippen molar-refractivity contribution in [1.29, 1.82) is 0 Å². The largest absolute Gasteiger partial charge is 0.383 e. The highest BCUT2D eigenvalue weighted by atomic mass is 19.1. The fourth-order valence-corrected chi connectivity index (χ4v) is 5.21. The van der Waals surface area contributed by atoms with Crippen LogP contribution in [0.15, 0.2) is 48.5 Å². The van der Waals surface area contributed by atoms with Crippen LogP contribution in [0.1, 0.15) is 53.2 Å². The number of benzene rings is 2. The van der Waals surface area contributed by atoms with E-state index in [0.717, 1.165) is 31.5 Å². The third kappa shape index (κ3) is 4.80. The molecule has 7 heteroatoms. The topological polar surface area (TPSA) is 61.9 Å². The molecule has 0 radical (unpaired) electrons. The van der Waals surface area contributed by atoms with Gasteiger partial charge < -0.3 is 15.0 Å². The van der Waals surface area contributed by atoms with Crippen LogP contribution in [0.25, 0.3) is 0 Å². The first-order chi connectivity index (χ1) is 16.0. The Labute approximate surface area is 194 Å². The van der Waals surface area contributed by atoms with Gasteiger partial charge in [-0.15, -0.1) is 0 Å². The van der Waals surface area contributed by atoms with Gasteiger partial charge in [-0.1, -0.05) is 37.3 Å². The van der Waals surface area contributed by atoms with Gasteiger partial charge in [0.1, 0.15) is 5.82 Å². The zero-order valence-corrected chi connectivity index (χ0v) is 19.3. The van der Waals surface area contributed by atoms with Crippen LogP contribution in [0, 0.1) is 5.82 Å². The molecule has 0 aliphatic carbocycles. The Kier molecular flexibility index (Phi) is 7.40. The summed E-state index contributed by atoms with van der Waals surface area (Å²) in [6, 6.07) is 13.2. The van der Waals surface area contributed by atoms with Crippen LogP contribution in [0.3, 0.4) is 0 Å². The molecular weight excluding hydrogens is 421 g/mol. The highest BCUT2D eigenvalue weighted by Gasteiger charge is 2.44. The van der Waals surface area contributed by atoms with Gasteiger partial charge in [0.25, 0.3) is 5.91 Å². The van der Waals surface area contributed by atoms with Gasteiger partial charge in [0.05, 0.1) is 18.6 Å². The van der Waals surface area contributed by atoms with E-state index in [9.17, 15) is 14.0 Å². The number of nitrogens with zero attached hydrogens (tertiary/aromatic N) is 2. The molecule has 0 aromatic heterocycles. The van der Waals surface area contributed by atoms with Crippen LogP contribution >= 0.6 is 0 Å². The molecule has 1 N–H and O–H groups in total. The average molecular weight is 454 g/mol. The zero-order chi connectivity index (χ0) is 23.4. The van der Waals surface area contributed by atoms with Crippen molar-refractivity contribution in [2.24, 2.45) is 0 Å². The predicted molar refractivity (Wildman–Crippen MR) is 125 cm³/mol. The molecule has 0 saturated carbocycles. The van der Waals surface area contributed by atoms with Crippen LogP contribution < -0.4 is 5.32 Å². The molecule has 1 saturated heterocycles. The number of hydrogen-bond donors (Lipinski definition) is 1. The van der Waals surface area contributed by atoms with Crippen LogP contribution in [0.5, 0.6) is 0 Å². The van der Waals surface area contributed by atoms with Gasteiger partial charge >= 0.3 is 0 Å². The van der Waals surface area contributed by atoms with E-state index in [1.165, 1.54) is 12.1 Å². The molecule has 0 unspecified atom stereocenters. The maximum atomic E-state index is 13.7. The van der Waals surface area contributed by atoms with Crippen LogP contribution in [-0.2, 0) is 9.53 Å². The molecule has 0 bridgehead atoms. The molecule has 1 fully saturated rings. The number of hydrogen-bond acceptors (Lipinski definition) is 4. The third-order valence-corrected chi connectivity index (χ3v) is 6.89. The molecule has 2 aromatic rings. The maximum Gasteiger partial charge on any atom is 0.254 e. The summed E-state index contributed by atoms with van der Waals surface area (Å²) in [4.78, 5) is 31.2. The molecule has 176 valence electrons. The number of amides is 2.